The van der Waals surface area contributed by atoms with Gasteiger partial charge in [-0.25, -0.2) is 4.79 Å². The summed E-state index contributed by atoms with van der Waals surface area (Å²) < 4.78 is 4.25. The predicted octanol–water partition coefficient (Wildman–Crippen LogP) is 0.162. The first-order valence-electron chi connectivity index (χ1n) is 10.4. The third kappa shape index (κ3) is 3.77. The second-order valence-corrected chi connectivity index (χ2v) is 7.83. The summed E-state index contributed by atoms with van der Waals surface area (Å²) in [5.74, 6) is 6.46. The Hall–Kier alpha value is -3.89. The van der Waals surface area contributed by atoms with Gasteiger partial charge in [0, 0.05) is 32.4 Å². The summed E-state index contributed by atoms with van der Waals surface area (Å²) in [5, 5.41) is 9.14. The average Bonchev–Trinajstić information content (AvgIpc) is 3.19. The maximum atomic E-state index is 13.5. The van der Waals surface area contributed by atoms with Crippen LogP contribution in [-0.2, 0) is 20.1 Å². The molecule has 10 nitrogen and oxygen atoms in total. The Morgan fingerprint density at radius 2 is 2.12 bits per heavy atom. The zero-order valence-electron chi connectivity index (χ0n) is 18.1. The van der Waals surface area contributed by atoms with Gasteiger partial charge in [-0.15, -0.1) is 5.92 Å². The van der Waals surface area contributed by atoms with Crippen LogP contribution in [0.4, 0.5) is 5.95 Å². The lowest BCUT2D eigenvalue weighted by Crippen LogP contribution is -2.44. The molecule has 32 heavy (non-hydrogen) atoms. The van der Waals surface area contributed by atoms with E-state index in [4.69, 9.17) is 11.0 Å². The van der Waals surface area contributed by atoms with Gasteiger partial charge >= 0.3 is 5.69 Å². The van der Waals surface area contributed by atoms with E-state index >= 15 is 0 Å². The minimum atomic E-state index is -0.500. The molecule has 1 fully saturated rings. The Morgan fingerprint density at radius 1 is 1.31 bits per heavy atom. The number of nitrogens with zero attached hydrogens (tertiary/aromatic N) is 7. The standard InChI is InChI=1S/C22H24N8O2/c1-3-4-10-29-18-19(26-21(29)28-9-5-6-16(24)13-28)27(2)22(32)30(20(18)31)14-17-11-15(12-23)7-8-25-17/h7-8,11,16H,5-6,9-10,13-14,24H2,1-2H3/t16-/m1/s1. The van der Waals surface area contributed by atoms with Crippen molar-refractivity contribution >= 4 is 17.1 Å². The maximum absolute atomic E-state index is 13.5. The lowest BCUT2D eigenvalue weighted by molar-refractivity contribution is 0.496. The number of nitriles is 1. The highest BCUT2D eigenvalue weighted by Crippen LogP contribution is 2.22. The lowest BCUT2D eigenvalue weighted by atomic mass is 10.1. The summed E-state index contributed by atoms with van der Waals surface area (Å²) in [6.07, 6.45) is 3.35. The fourth-order valence-corrected chi connectivity index (χ4v) is 4.04. The molecule has 3 aromatic heterocycles. The molecule has 10 heteroatoms. The van der Waals surface area contributed by atoms with Crippen molar-refractivity contribution in [1.29, 1.82) is 5.26 Å². The fraction of sp³-hybridized carbons (Fsp3) is 0.409. The van der Waals surface area contributed by atoms with Gasteiger partial charge in [0.05, 0.1) is 30.4 Å². The van der Waals surface area contributed by atoms with E-state index in [1.54, 1.807) is 30.7 Å². The van der Waals surface area contributed by atoms with Crippen LogP contribution < -0.4 is 21.9 Å². The lowest BCUT2D eigenvalue weighted by Gasteiger charge is -2.31. The number of pyridine rings is 1. The molecule has 0 aromatic carbocycles. The Bertz CT molecular complexity index is 1400. The molecule has 0 amide bonds. The van der Waals surface area contributed by atoms with E-state index in [0.29, 0.717) is 34.9 Å². The number of rotatable bonds is 4. The minimum Gasteiger partial charge on any atom is -0.341 e. The van der Waals surface area contributed by atoms with E-state index in [2.05, 4.69) is 26.7 Å². The van der Waals surface area contributed by atoms with Gasteiger partial charge in [0.1, 0.15) is 0 Å². The van der Waals surface area contributed by atoms with Gasteiger partial charge in [-0.1, -0.05) is 5.92 Å². The zero-order valence-corrected chi connectivity index (χ0v) is 18.1. The van der Waals surface area contributed by atoms with Gasteiger partial charge in [-0.3, -0.25) is 23.5 Å². The van der Waals surface area contributed by atoms with Crippen LogP contribution in [-0.4, -0.2) is 42.8 Å². The normalized spacial score (nSPS) is 15.9. The van der Waals surface area contributed by atoms with Crippen molar-refractivity contribution in [2.75, 3.05) is 18.0 Å². The van der Waals surface area contributed by atoms with Crippen LogP contribution in [0.15, 0.2) is 27.9 Å². The number of anilines is 1. The first kappa shape index (κ1) is 21.3. The Kier molecular flexibility index (Phi) is 5.80. The largest absolute Gasteiger partial charge is 0.341 e. The highest BCUT2D eigenvalue weighted by molar-refractivity contribution is 5.75. The van der Waals surface area contributed by atoms with Gasteiger partial charge in [0.25, 0.3) is 5.56 Å². The smallest absolute Gasteiger partial charge is 0.332 e. The van der Waals surface area contributed by atoms with Gasteiger partial charge < -0.3 is 10.6 Å². The summed E-state index contributed by atoms with van der Waals surface area (Å²) in [6, 6.07) is 5.20. The van der Waals surface area contributed by atoms with Gasteiger partial charge in [0.2, 0.25) is 5.95 Å². The van der Waals surface area contributed by atoms with Crippen molar-refractivity contribution in [3.63, 3.8) is 0 Å². The Balaban J connectivity index is 1.92. The van der Waals surface area contributed by atoms with Crippen LogP contribution >= 0.6 is 0 Å². The van der Waals surface area contributed by atoms with Crippen LogP contribution in [0.1, 0.15) is 31.0 Å². The third-order valence-electron chi connectivity index (χ3n) is 5.63. The summed E-state index contributed by atoms with van der Waals surface area (Å²) in [5.41, 5.74) is 6.67. The number of fused-ring (bicyclic) bond motifs is 1. The Morgan fingerprint density at radius 3 is 2.84 bits per heavy atom. The van der Waals surface area contributed by atoms with Crippen molar-refractivity contribution in [3.05, 3.63) is 50.4 Å². The second kappa shape index (κ2) is 8.69. The average molecular weight is 432 g/mol. The van der Waals surface area contributed by atoms with Gasteiger partial charge in [0.15, 0.2) is 11.2 Å². The molecule has 4 rings (SSSR count). The number of imidazole rings is 1. The minimum absolute atomic E-state index is 0.0215. The van der Waals surface area contributed by atoms with Crippen LogP contribution in [0.3, 0.4) is 0 Å². The molecule has 3 aromatic rings. The molecule has 2 N–H and O–H groups in total. The van der Waals surface area contributed by atoms with Crippen molar-refractivity contribution in [1.82, 2.24) is 23.7 Å². The molecule has 164 valence electrons. The second-order valence-electron chi connectivity index (χ2n) is 7.83. The molecule has 1 aliphatic heterocycles. The van der Waals surface area contributed by atoms with Crippen LogP contribution in [0.5, 0.6) is 0 Å². The van der Waals surface area contributed by atoms with Crippen molar-refractivity contribution < 1.29 is 0 Å². The molecule has 1 saturated heterocycles. The first-order valence-corrected chi connectivity index (χ1v) is 10.4. The fourth-order valence-electron chi connectivity index (χ4n) is 4.04. The van der Waals surface area contributed by atoms with E-state index < -0.39 is 11.2 Å². The third-order valence-corrected chi connectivity index (χ3v) is 5.63. The number of hydrogen-bond donors (Lipinski definition) is 1. The number of hydrogen-bond acceptors (Lipinski definition) is 7. The summed E-state index contributed by atoms with van der Waals surface area (Å²) in [7, 11) is 1.59. The molecule has 0 aliphatic carbocycles. The number of piperidine rings is 1. The molecule has 1 atom stereocenters. The van der Waals surface area contributed by atoms with Crippen molar-refractivity contribution in [2.45, 2.75) is 38.9 Å². The molecule has 0 radical (unpaired) electrons. The van der Waals surface area contributed by atoms with E-state index in [1.807, 2.05) is 6.07 Å². The number of aromatic nitrogens is 5. The zero-order chi connectivity index (χ0) is 22.8. The quantitative estimate of drug-likeness (QED) is 0.582. The maximum Gasteiger partial charge on any atom is 0.332 e. The summed E-state index contributed by atoms with van der Waals surface area (Å²) >= 11 is 0. The van der Waals surface area contributed by atoms with Crippen molar-refractivity contribution in [3.8, 4) is 17.9 Å². The molecule has 0 unspecified atom stereocenters. The van der Waals surface area contributed by atoms with Crippen LogP contribution in [0.2, 0.25) is 0 Å². The van der Waals surface area contributed by atoms with E-state index in [0.717, 1.165) is 24.0 Å². The predicted molar refractivity (Wildman–Crippen MR) is 120 cm³/mol. The highest BCUT2D eigenvalue weighted by Gasteiger charge is 2.26. The molecule has 0 saturated carbocycles. The molecule has 1 aliphatic rings. The SMILES string of the molecule is CC#CCn1c(N2CCC[C@@H](N)C2)nc2c1c(=O)n(Cc1cc(C#N)ccn1)c(=O)n2C. The van der Waals surface area contributed by atoms with Crippen LogP contribution in [0.25, 0.3) is 11.2 Å². The monoisotopic (exact) mass is 432 g/mol. The first-order chi connectivity index (χ1) is 15.4. The topological polar surface area (TPSA) is 128 Å². The highest BCUT2D eigenvalue weighted by atomic mass is 16.2. The van der Waals surface area contributed by atoms with E-state index in [9.17, 15) is 9.59 Å². The summed E-state index contributed by atoms with van der Waals surface area (Å²) in [6.45, 7) is 3.34. The molecular weight excluding hydrogens is 408 g/mol. The van der Waals surface area contributed by atoms with E-state index in [1.165, 1.54) is 10.8 Å². The van der Waals surface area contributed by atoms with Gasteiger partial charge in [-0.2, -0.15) is 10.2 Å². The summed E-state index contributed by atoms with van der Waals surface area (Å²) in [4.78, 5) is 37.5. The molecule has 0 bridgehead atoms. The molecule has 0 spiro atoms. The Labute approximate surface area is 184 Å². The van der Waals surface area contributed by atoms with E-state index in [-0.39, 0.29) is 19.1 Å². The van der Waals surface area contributed by atoms with Gasteiger partial charge in [-0.05, 0) is 31.9 Å². The van der Waals surface area contributed by atoms with Crippen molar-refractivity contribution in [2.24, 2.45) is 12.8 Å². The number of aryl methyl sites for hydroxylation is 1. The number of nitrogens with two attached hydrogens (primary N) is 1. The molecule has 4 heterocycles. The molecular formula is C22H24N8O2. The van der Waals surface area contributed by atoms with Crippen LogP contribution in [0, 0.1) is 23.2 Å².